The second-order valence-corrected chi connectivity index (χ2v) is 4.52. The van der Waals surface area contributed by atoms with Gasteiger partial charge in [-0.3, -0.25) is 4.90 Å². The Morgan fingerprint density at radius 2 is 2.47 bits per heavy atom. The van der Waals surface area contributed by atoms with Crippen LogP contribution in [-0.2, 0) is 11.3 Å². The van der Waals surface area contributed by atoms with E-state index < -0.39 is 0 Å². The number of hydrogen-bond donors (Lipinski definition) is 1. The van der Waals surface area contributed by atoms with E-state index in [0.29, 0.717) is 12.6 Å². The smallest absolute Gasteiger partial charge is 0.0948 e. The third-order valence-electron chi connectivity index (χ3n) is 3.47. The average Bonchev–Trinajstić information content (AvgIpc) is 2.81. The molecule has 2 rings (SSSR count). The van der Waals surface area contributed by atoms with Gasteiger partial charge in [-0.2, -0.15) is 0 Å². The molecule has 0 aromatic carbocycles. The lowest BCUT2D eigenvalue weighted by molar-refractivity contribution is -0.0223. The summed E-state index contributed by atoms with van der Waals surface area (Å²) in [6.07, 6.45) is 3.81. The van der Waals surface area contributed by atoms with Crippen molar-refractivity contribution in [3.63, 3.8) is 0 Å². The number of ether oxygens (including phenoxy) is 1. The van der Waals surface area contributed by atoms with E-state index in [1.807, 2.05) is 12.5 Å². The van der Waals surface area contributed by atoms with Crippen LogP contribution in [-0.4, -0.2) is 46.8 Å². The summed E-state index contributed by atoms with van der Waals surface area (Å²) in [6.45, 7) is 8.40. The Hall–Kier alpha value is -0.910. The second-order valence-electron chi connectivity index (χ2n) is 4.52. The molecule has 0 bridgehead atoms. The molecule has 5 heteroatoms. The van der Waals surface area contributed by atoms with Crippen LogP contribution in [0.1, 0.15) is 25.6 Å². The monoisotopic (exact) mass is 238 g/mol. The zero-order valence-corrected chi connectivity index (χ0v) is 10.7. The van der Waals surface area contributed by atoms with Crippen molar-refractivity contribution in [2.75, 3.05) is 26.3 Å². The van der Waals surface area contributed by atoms with Gasteiger partial charge in [0.05, 0.1) is 31.3 Å². The number of imidazole rings is 1. The fourth-order valence-electron chi connectivity index (χ4n) is 2.50. The number of nitrogens with zero attached hydrogens (tertiary/aromatic N) is 3. The third kappa shape index (κ3) is 2.51. The van der Waals surface area contributed by atoms with Crippen LogP contribution in [0, 0.1) is 0 Å². The van der Waals surface area contributed by atoms with Gasteiger partial charge in [-0.05, 0) is 13.8 Å². The van der Waals surface area contributed by atoms with Crippen molar-refractivity contribution in [2.45, 2.75) is 32.5 Å². The van der Waals surface area contributed by atoms with E-state index in [0.717, 1.165) is 26.3 Å². The molecule has 5 nitrogen and oxygen atoms in total. The van der Waals surface area contributed by atoms with E-state index in [4.69, 9.17) is 10.5 Å². The van der Waals surface area contributed by atoms with Crippen LogP contribution in [0.5, 0.6) is 0 Å². The fourth-order valence-corrected chi connectivity index (χ4v) is 2.50. The predicted molar refractivity (Wildman–Crippen MR) is 66.7 cm³/mol. The lowest BCUT2D eigenvalue weighted by atomic mass is 10.1. The van der Waals surface area contributed by atoms with Crippen LogP contribution >= 0.6 is 0 Å². The first-order chi connectivity index (χ1) is 8.27. The van der Waals surface area contributed by atoms with Crippen molar-refractivity contribution in [3.05, 3.63) is 18.2 Å². The standard InChI is InChI=1S/C12H22N4O/c1-3-15-9-14-7-12(15)11(6-13)16-4-5-17-8-10(16)2/h7,9-11H,3-6,8,13H2,1-2H3. The van der Waals surface area contributed by atoms with Gasteiger partial charge in [0.15, 0.2) is 0 Å². The Labute approximate surface area is 103 Å². The van der Waals surface area contributed by atoms with E-state index in [1.165, 1.54) is 5.69 Å². The maximum Gasteiger partial charge on any atom is 0.0948 e. The second kappa shape index (κ2) is 5.62. The van der Waals surface area contributed by atoms with Crippen molar-refractivity contribution >= 4 is 0 Å². The Kier molecular flexibility index (Phi) is 4.15. The lowest BCUT2D eigenvalue weighted by Gasteiger charge is -2.39. The summed E-state index contributed by atoms with van der Waals surface area (Å²) in [5, 5.41) is 0. The molecule has 0 amide bonds. The number of nitrogens with two attached hydrogens (primary N) is 1. The molecular formula is C12H22N4O. The molecule has 1 aliphatic heterocycles. The van der Waals surface area contributed by atoms with E-state index in [2.05, 4.69) is 28.3 Å². The Morgan fingerprint density at radius 3 is 3.12 bits per heavy atom. The van der Waals surface area contributed by atoms with Gasteiger partial charge in [-0.15, -0.1) is 0 Å². The van der Waals surface area contributed by atoms with Gasteiger partial charge in [0, 0.05) is 31.9 Å². The van der Waals surface area contributed by atoms with E-state index in [9.17, 15) is 0 Å². The molecule has 2 atom stereocenters. The van der Waals surface area contributed by atoms with Crippen molar-refractivity contribution in [3.8, 4) is 0 Å². The normalized spacial score (nSPS) is 23.8. The highest BCUT2D eigenvalue weighted by molar-refractivity contribution is 5.07. The number of aryl methyl sites for hydroxylation is 1. The molecule has 1 aromatic rings. The van der Waals surface area contributed by atoms with Gasteiger partial charge in [0.25, 0.3) is 0 Å². The maximum atomic E-state index is 5.96. The van der Waals surface area contributed by atoms with Crippen LogP contribution in [0.2, 0.25) is 0 Å². The summed E-state index contributed by atoms with van der Waals surface area (Å²) in [6, 6.07) is 0.661. The predicted octanol–water partition coefficient (Wildman–Crippen LogP) is 0.624. The highest BCUT2D eigenvalue weighted by atomic mass is 16.5. The SMILES string of the molecule is CCn1cncc1C(CN)N1CCOCC1C. The zero-order chi connectivity index (χ0) is 12.3. The maximum absolute atomic E-state index is 5.96. The first-order valence-corrected chi connectivity index (χ1v) is 6.31. The molecule has 0 radical (unpaired) electrons. The number of rotatable bonds is 4. The molecule has 1 aromatic heterocycles. The summed E-state index contributed by atoms with van der Waals surface area (Å²) in [5.41, 5.74) is 7.17. The molecule has 1 aliphatic rings. The average molecular weight is 238 g/mol. The van der Waals surface area contributed by atoms with E-state index in [-0.39, 0.29) is 6.04 Å². The minimum Gasteiger partial charge on any atom is -0.379 e. The summed E-state index contributed by atoms with van der Waals surface area (Å²) in [4.78, 5) is 6.65. The molecule has 2 unspecified atom stereocenters. The minimum absolute atomic E-state index is 0.247. The molecule has 17 heavy (non-hydrogen) atoms. The summed E-state index contributed by atoms with van der Waals surface area (Å²) in [7, 11) is 0. The van der Waals surface area contributed by atoms with Gasteiger partial charge >= 0.3 is 0 Å². The summed E-state index contributed by atoms with van der Waals surface area (Å²) < 4.78 is 7.64. The zero-order valence-electron chi connectivity index (χ0n) is 10.7. The van der Waals surface area contributed by atoms with Crippen molar-refractivity contribution in [1.82, 2.24) is 14.5 Å². The van der Waals surface area contributed by atoms with E-state index >= 15 is 0 Å². The summed E-state index contributed by atoms with van der Waals surface area (Å²) >= 11 is 0. The van der Waals surface area contributed by atoms with E-state index in [1.54, 1.807) is 0 Å². The van der Waals surface area contributed by atoms with Crippen molar-refractivity contribution in [1.29, 1.82) is 0 Å². The molecule has 0 aliphatic carbocycles. The number of hydrogen-bond acceptors (Lipinski definition) is 4. The van der Waals surface area contributed by atoms with Crippen molar-refractivity contribution < 1.29 is 4.74 Å². The quantitative estimate of drug-likeness (QED) is 0.835. The minimum atomic E-state index is 0.247. The Bertz CT molecular complexity index is 352. The fraction of sp³-hybridized carbons (Fsp3) is 0.750. The molecule has 2 heterocycles. The number of aromatic nitrogens is 2. The highest BCUT2D eigenvalue weighted by Crippen LogP contribution is 2.23. The van der Waals surface area contributed by atoms with Crippen LogP contribution < -0.4 is 5.73 Å². The van der Waals surface area contributed by atoms with Crippen LogP contribution in [0.25, 0.3) is 0 Å². The molecule has 1 fully saturated rings. The molecule has 2 N–H and O–H groups in total. The molecule has 96 valence electrons. The van der Waals surface area contributed by atoms with Gasteiger partial charge in [0.2, 0.25) is 0 Å². The number of morpholine rings is 1. The Morgan fingerprint density at radius 1 is 1.65 bits per heavy atom. The van der Waals surface area contributed by atoms with Gasteiger partial charge < -0.3 is 15.0 Å². The lowest BCUT2D eigenvalue weighted by Crippen LogP contribution is -2.48. The Balaban J connectivity index is 2.20. The first kappa shape index (κ1) is 12.5. The summed E-state index contributed by atoms with van der Waals surface area (Å²) in [5.74, 6) is 0. The third-order valence-corrected chi connectivity index (χ3v) is 3.47. The molecule has 1 saturated heterocycles. The van der Waals surface area contributed by atoms with Crippen LogP contribution in [0.3, 0.4) is 0 Å². The van der Waals surface area contributed by atoms with Gasteiger partial charge in [0.1, 0.15) is 0 Å². The van der Waals surface area contributed by atoms with Crippen LogP contribution in [0.15, 0.2) is 12.5 Å². The van der Waals surface area contributed by atoms with Gasteiger partial charge in [-0.25, -0.2) is 4.98 Å². The van der Waals surface area contributed by atoms with Crippen molar-refractivity contribution in [2.24, 2.45) is 5.73 Å². The first-order valence-electron chi connectivity index (χ1n) is 6.31. The van der Waals surface area contributed by atoms with Crippen LogP contribution in [0.4, 0.5) is 0 Å². The largest absolute Gasteiger partial charge is 0.379 e. The highest BCUT2D eigenvalue weighted by Gasteiger charge is 2.28. The molecule has 0 saturated carbocycles. The molecular weight excluding hydrogens is 216 g/mol. The topological polar surface area (TPSA) is 56.3 Å². The molecule has 0 spiro atoms. The van der Waals surface area contributed by atoms with Gasteiger partial charge in [-0.1, -0.05) is 0 Å².